The minimum atomic E-state index is -0.266. The lowest BCUT2D eigenvalue weighted by molar-refractivity contribution is -0.120. The average Bonchev–Trinajstić information content (AvgIpc) is 2.67. The summed E-state index contributed by atoms with van der Waals surface area (Å²) in [4.78, 5) is 26.4. The first-order chi connectivity index (χ1) is 12.7. The van der Waals surface area contributed by atoms with E-state index >= 15 is 0 Å². The van der Waals surface area contributed by atoms with Gasteiger partial charge in [0.2, 0.25) is 5.91 Å². The van der Waals surface area contributed by atoms with E-state index in [9.17, 15) is 9.59 Å². The predicted octanol–water partition coefficient (Wildman–Crippen LogP) is 3.37. The van der Waals surface area contributed by atoms with Gasteiger partial charge in [-0.25, -0.2) is 0 Å². The summed E-state index contributed by atoms with van der Waals surface area (Å²) in [6.45, 7) is 5.55. The summed E-state index contributed by atoms with van der Waals surface area (Å²) in [7, 11) is 0. The van der Waals surface area contributed by atoms with Crippen molar-refractivity contribution >= 4 is 17.5 Å². The van der Waals surface area contributed by atoms with E-state index in [0.717, 1.165) is 6.42 Å². The standard InChI is InChI=1S/C21H26N2O3/c1-3-23(4-2)21(25)18-12-8-9-13-19(18)22-20(24)16-26-15-14-17-10-6-5-7-11-17/h5-13H,3-4,14-16H2,1-2H3,(H,22,24). The number of rotatable bonds is 9. The van der Waals surface area contributed by atoms with Gasteiger partial charge in [-0.15, -0.1) is 0 Å². The van der Waals surface area contributed by atoms with E-state index in [-0.39, 0.29) is 18.4 Å². The van der Waals surface area contributed by atoms with Gasteiger partial charge in [0.05, 0.1) is 17.9 Å². The normalized spacial score (nSPS) is 10.4. The molecule has 0 saturated carbocycles. The largest absolute Gasteiger partial charge is 0.371 e. The molecule has 0 atom stereocenters. The van der Waals surface area contributed by atoms with Crippen molar-refractivity contribution < 1.29 is 14.3 Å². The molecule has 2 rings (SSSR count). The Morgan fingerprint density at radius 2 is 1.62 bits per heavy atom. The topological polar surface area (TPSA) is 58.6 Å². The number of hydrogen-bond acceptors (Lipinski definition) is 3. The van der Waals surface area contributed by atoms with Crippen LogP contribution in [0.2, 0.25) is 0 Å². The highest BCUT2D eigenvalue weighted by Crippen LogP contribution is 2.17. The number of nitrogens with one attached hydrogen (secondary N) is 1. The molecule has 0 saturated heterocycles. The number of carbonyl (C=O) groups excluding carboxylic acids is 2. The Balaban J connectivity index is 1.87. The molecule has 5 heteroatoms. The van der Waals surface area contributed by atoms with Gasteiger partial charge in [-0.05, 0) is 38.0 Å². The lowest BCUT2D eigenvalue weighted by Gasteiger charge is -2.20. The lowest BCUT2D eigenvalue weighted by Crippen LogP contribution is -2.31. The third-order valence-electron chi connectivity index (χ3n) is 4.09. The fourth-order valence-electron chi connectivity index (χ4n) is 2.65. The van der Waals surface area contributed by atoms with Crippen LogP contribution in [-0.4, -0.2) is 43.0 Å². The molecule has 0 radical (unpaired) electrons. The lowest BCUT2D eigenvalue weighted by atomic mass is 10.1. The molecule has 0 bridgehead atoms. The Morgan fingerprint density at radius 1 is 0.962 bits per heavy atom. The number of benzene rings is 2. The minimum absolute atomic E-state index is 0.0410. The van der Waals surface area contributed by atoms with Gasteiger partial charge < -0.3 is 15.0 Å². The average molecular weight is 354 g/mol. The van der Waals surface area contributed by atoms with Crippen molar-refractivity contribution in [2.75, 3.05) is 31.6 Å². The Bertz CT molecular complexity index is 712. The zero-order chi connectivity index (χ0) is 18.8. The molecule has 26 heavy (non-hydrogen) atoms. The smallest absolute Gasteiger partial charge is 0.255 e. The van der Waals surface area contributed by atoms with Gasteiger partial charge >= 0.3 is 0 Å². The van der Waals surface area contributed by atoms with Crippen LogP contribution in [0.3, 0.4) is 0 Å². The molecule has 0 unspecified atom stereocenters. The van der Waals surface area contributed by atoms with Gasteiger partial charge in [-0.2, -0.15) is 0 Å². The summed E-state index contributed by atoms with van der Waals surface area (Å²) in [6.07, 6.45) is 0.755. The molecule has 0 fully saturated rings. The predicted molar refractivity (Wildman–Crippen MR) is 103 cm³/mol. The first-order valence-electron chi connectivity index (χ1n) is 8.95. The van der Waals surface area contributed by atoms with Gasteiger partial charge in [0, 0.05) is 13.1 Å². The number of anilines is 1. The number of hydrogen-bond donors (Lipinski definition) is 1. The van der Waals surface area contributed by atoms with Crippen LogP contribution in [0, 0.1) is 0 Å². The first-order valence-corrected chi connectivity index (χ1v) is 8.95. The number of amides is 2. The fourth-order valence-corrected chi connectivity index (χ4v) is 2.65. The maximum absolute atomic E-state index is 12.6. The van der Waals surface area contributed by atoms with Crippen molar-refractivity contribution in [1.82, 2.24) is 4.90 Å². The van der Waals surface area contributed by atoms with Crippen LogP contribution in [0.4, 0.5) is 5.69 Å². The summed E-state index contributed by atoms with van der Waals surface area (Å²) in [5.74, 6) is -0.353. The molecule has 0 aromatic heterocycles. The number of ether oxygens (including phenoxy) is 1. The van der Waals surface area contributed by atoms with Crippen LogP contribution >= 0.6 is 0 Å². The molecule has 2 amide bonds. The molecule has 0 aliphatic carbocycles. The van der Waals surface area contributed by atoms with Crippen LogP contribution in [0.5, 0.6) is 0 Å². The van der Waals surface area contributed by atoms with E-state index in [1.54, 1.807) is 29.2 Å². The molecule has 1 N–H and O–H groups in total. The molecule has 0 heterocycles. The molecular weight excluding hydrogens is 328 g/mol. The third kappa shape index (κ3) is 5.70. The zero-order valence-electron chi connectivity index (χ0n) is 15.4. The van der Waals surface area contributed by atoms with E-state index in [1.165, 1.54) is 5.56 Å². The van der Waals surface area contributed by atoms with E-state index in [2.05, 4.69) is 5.32 Å². The minimum Gasteiger partial charge on any atom is -0.371 e. The van der Waals surface area contributed by atoms with Crippen LogP contribution in [0.25, 0.3) is 0 Å². The summed E-state index contributed by atoms with van der Waals surface area (Å²) in [6, 6.07) is 17.0. The number of nitrogens with zero attached hydrogens (tertiary/aromatic N) is 1. The Morgan fingerprint density at radius 3 is 2.31 bits per heavy atom. The highest BCUT2D eigenvalue weighted by molar-refractivity contribution is 6.03. The second-order valence-corrected chi connectivity index (χ2v) is 5.86. The molecule has 2 aromatic rings. The van der Waals surface area contributed by atoms with Crippen molar-refractivity contribution in [3.05, 3.63) is 65.7 Å². The van der Waals surface area contributed by atoms with E-state index < -0.39 is 0 Å². The summed E-state index contributed by atoms with van der Waals surface area (Å²) in [5.41, 5.74) is 2.18. The van der Waals surface area contributed by atoms with Crippen LogP contribution in [0.15, 0.2) is 54.6 Å². The van der Waals surface area contributed by atoms with E-state index in [0.29, 0.717) is 30.9 Å². The van der Waals surface area contributed by atoms with Crippen LogP contribution in [-0.2, 0) is 16.0 Å². The second kappa shape index (κ2) is 10.4. The molecule has 5 nitrogen and oxygen atoms in total. The zero-order valence-corrected chi connectivity index (χ0v) is 15.4. The highest BCUT2D eigenvalue weighted by Gasteiger charge is 2.17. The SMILES string of the molecule is CCN(CC)C(=O)c1ccccc1NC(=O)COCCc1ccccc1. The Labute approximate surface area is 155 Å². The number of para-hydroxylation sites is 1. The van der Waals surface area contributed by atoms with Crippen LogP contribution < -0.4 is 5.32 Å². The monoisotopic (exact) mass is 354 g/mol. The van der Waals surface area contributed by atoms with Crippen molar-refractivity contribution in [3.63, 3.8) is 0 Å². The van der Waals surface area contributed by atoms with Gasteiger partial charge in [-0.3, -0.25) is 9.59 Å². The molecule has 0 spiro atoms. The van der Waals surface area contributed by atoms with E-state index in [1.807, 2.05) is 44.2 Å². The van der Waals surface area contributed by atoms with Crippen molar-refractivity contribution in [2.45, 2.75) is 20.3 Å². The van der Waals surface area contributed by atoms with Crippen molar-refractivity contribution in [1.29, 1.82) is 0 Å². The Kier molecular flexibility index (Phi) is 7.83. The first kappa shape index (κ1) is 19.7. The van der Waals surface area contributed by atoms with Crippen molar-refractivity contribution in [2.24, 2.45) is 0 Å². The molecule has 138 valence electrons. The number of carbonyl (C=O) groups is 2. The van der Waals surface area contributed by atoms with Gasteiger partial charge in [0.25, 0.3) is 5.91 Å². The Hall–Kier alpha value is -2.66. The molecular formula is C21H26N2O3. The van der Waals surface area contributed by atoms with Crippen molar-refractivity contribution in [3.8, 4) is 0 Å². The van der Waals surface area contributed by atoms with Gasteiger partial charge in [0.15, 0.2) is 0 Å². The summed E-state index contributed by atoms with van der Waals surface area (Å²) >= 11 is 0. The van der Waals surface area contributed by atoms with Gasteiger partial charge in [0.1, 0.15) is 6.61 Å². The molecule has 2 aromatic carbocycles. The summed E-state index contributed by atoms with van der Waals surface area (Å²) in [5, 5.41) is 2.78. The highest BCUT2D eigenvalue weighted by atomic mass is 16.5. The third-order valence-corrected chi connectivity index (χ3v) is 4.09. The second-order valence-electron chi connectivity index (χ2n) is 5.86. The summed E-state index contributed by atoms with van der Waals surface area (Å²) < 4.78 is 5.45. The van der Waals surface area contributed by atoms with Crippen LogP contribution in [0.1, 0.15) is 29.8 Å². The maximum atomic E-state index is 12.6. The van der Waals surface area contributed by atoms with Gasteiger partial charge in [-0.1, -0.05) is 42.5 Å². The maximum Gasteiger partial charge on any atom is 0.255 e. The molecule has 0 aliphatic heterocycles. The molecule has 0 aliphatic rings. The quantitative estimate of drug-likeness (QED) is 0.703. The van der Waals surface area contributed by atoms with E-state index in [4.69, 9.17) is 4.74 Å². The fraction of sp³-hybridized carbons (Fsp3) is 0.333.